The third kappa shape index (κ3) is 1.96. The third-order valence-corrected chi connectivity index (χ3v) is 4.18. The monoisotopic (exact) mass is 314 g/mol. The van der Waals surface area contributed by atoms with Crippen molar-refractivity contribution in [2.45, 2.75) is 6.92 Å². The summed E-state index contributed by atoms with van der Waals surface area (Å²) in [4.78, 5) is 15.7. The number of aryl methyl sites for hydroxylation is 1. The number of carbonyl (C=O) groups is 1. The van der Waals surface area contributed by atoms with E-state index in [0.717, 1.165) is 11.3 Å². The van der Waals surface area contributed by atoms with Gasteiger partial charge in [0.15, 0.2) is 23.5 Å². The molecule has 0 saturated carbocycles. The van der Waals surface area contributed by atoms with Crippen LogP contribution in [0.4, 0.5) is 0 Å². The predicted molar refractivity (Wildman–Crippen MR) is 78.7 cm³/mol. The zero-order chi connectivity index (χ0) is 15.1. The predicted octanol–water partition coefficient (Wildman–Crippen LogP) is 2.24. The molecule has 1 aliphatic heterocycles. The van der Waals surface area contributed by atoms with E-state index in [1.165, 1.54) is 11.3 Å². The molecule has 0 saturated heterocycles. The van der Waals surface area contributed by atoms with E-state index in [1.54, 1.807) is 10.7 Å². The largest absolute Gasteiger partial charge is 0.454 e. The van der Waals surface area contributed by atoms with Crippen LogP contribution in [0.3, 0.4) is 0 Å². The molecule has 2 aromatic heterocycles. The van der Waals surface area contributed by atoms with Crippen molar-refractivity contribution in [1.29, 1.82) is 0 Å². The minimum atomic E-state index is 0.197. The Labute approximate surface area is 129 Å². The minimum absolute atomic E-state index is 0.197. The molecule has 0 N–H and O–H groups in total. The number of hydrogen-bond donors (Lipinski definition) is 0. The number of aldehydes is 1. The van der Waals surface area contributed by atoms with Crippen molar-refractivity contribution in [3.05, 3.63) is 35.0 Å². The summed E-state index contributed by atoms with van der Waals surface area (Å²) in [5, 5.41) is 10.6. The lowest BCUT2D eigenvalue weighted by atomic mass is 10.1. The van der Waals surface area contributed by atoms with Crippen LogP contribution in [-0.4, -0.2) is 33.1 Å². The molecular formula is C14H10N4O3S. The molecule has 0 fully saturated rings. The summed E-state index contributed by atoms with van der Waals surface area (Å²) in [6, 6.07) is 5.46. The number of thiazole rings is 1. The average Bonchev–Trinajstić information content (AvgIpc) is 3.24. The molecule has 1 aliphatic rings. The highest BCUT2D eigenvalue weighted by molar-refractivity contribution is 7.12. The van der Waals surface area contributed by atoms with Gasteiger partial charge < -0.3 is 9.47 Å². The Bertz CT molecular complexity index is 871. The van der Waals surface area contributed by atoms with Crippen molar-refractivity contribution in [1.82, 2.24) is 20.0 Å². The van der Waals surface area contributed by atoms with Gasteiger partial charge in [-0.05, 0) is 25.1 Å². The molecule has 3 aromatic rings. The number of rotatable bonds is 3. The maximum absolute atomic E-state index is 11.3. The lowest BCUT2D eigenvalue weighted by Gasteiger charge is -2.05. The van der Waals surface area contributed by atoms with Gasteiger partial charge in [-0.25, -0.2) is 4.98 Å². The number of fused-ring (bicyclic) bond motifs is 1. The van der Waals surface area contributed by atoms with Crippen LogP contribution < -0.4 is 9.47 Å². The second-order valence-electron chi connectivity index (χ2n) is 4.69. The molecule has 0 atom stereocenters. The van der Waals surface area contributed by atoms with Gasteiger partial charge in [0.2, 0.25) is 11.9 Å². The Morgan fingerprint density at radius 2 is 2.18 bits per heavy atom. The normalized spacial score (nSPS) is 12.6. The Balaban J connectivity index is 1.90. The van der Waals surface area contributed by atoms with Crippen LogP contribution in [0.15, 0.2) is 23.6 Å². The van der Waals surface area contributed by atoms with E-state index in [1.807, 2.05) is 24.4 Å². The zero-order valence-corrected chi connectivity index (χ0v) is 12.3. The number of nitrogens with zero attached hydrogens (tertiary/aromatic N) is 4. The third-order valence-electron chi connectivity index (χ3n) is 3.24. The van der Waals surface area contributed by atoms with Crippen molar-refractivity contribution in [2.75, 3.05) is 6.79 Å². The molecule has 0 bridgehead atoms. The molecule has 3 heterocycles. The van der Waals surface area contributed by atoms with Crippen molar-refractivity contribution in [3.63, 3.8) is 0 Å². The maximum atomic E-state index is 11.3. The van der Waals surface area contributed by atoms with Crippen LogP contribution in [-0.2, 0) is 0 Å². The van der Waals surface area contributed by atoms with E-state index >= 15 is 0 Å². The van der Waals surface area contributed by atoms with Gasteiger partial charge >= 0.3 is 0 Å². The average molecular weight is 314 g/mol. The molecule has 1 aromatic carbocycles. The first-order valence-electron chi connectivity index (χ1n) is 6.49. The fraction of sp³-hybridized carbons (Fsp3) is 0.143. The molecule has 0 amide bonds. The second-order valence-corrected chi connectivity index (χ2v) is 5.53. The van der Waals surface area contributed by atoms with Crippen LogP contribution >= 0.6 is 11.3 Å². The van der Waals surface area contributed by atoms with Crippen molar-refractivity contribution in [2.24, 2.45) is 0 Å². The van der Waals surface area contributed by atoms with Crippen LogP contribution in [0.2, 0.25) is 0 Å². The van der Waals surface area contributed by atoms with Gasteiger partial charge in [-0.1, -0.05) is 5.21 Å². The fourth-order valence-electron chi connectivity index (χ4n) is 2.26. The number of ether oxygens (including phenoxy) is 2. The van der Waals surface area contributed by atoms with E-state index in [-0.39, 0.29) is 12.5 Å². The first-order valence-corrected chi connectivity index (χ1v) is 7.37. The van der Waals surface area contributed by atoms with Crippen LogP contribution in [0.5, 0.6) is 11.5 Å². The first-order chi connectivity index (χ1) is 10.8. The quantitative estimate of drug-likeness (QED) is 0.690. The van der Waals surface area contributed by atoms with Gasteiger partial charge in [0.05, 0.1) is 5.69 Å². The van der Waals surface area contributed by atoms with Crippen molar-refractivity contribution >= 4 is 17.6 Å². The van der Waals surface area contributed by atoms with Gasteiger partial charge in [0.1, 0.15) is 5.69 Å². The topological polar surface area (TPSA) is 79.1 Å². The number of benzene rings is 1. The first kappa shape index (κ1) is 13.0. The smallest absolute Gasteiger partial charge is 0.231 e. The SMILES string of the molecule is Cc1csc(-n2nnc(C=O)c2-c2ccc3c(c2)OCO3)n1. The maximum Gasteiger partial charge on any atom is 0.231 e. The second kappa shape index (κ2) is 4.92. The molecule has 0 aliphatic carbocycles. The van der Waals surface area contributed by atoms with Crippen LogP contribution in [0, 0.1) is 6.92 Å². The number of carbonyl (C=O) groups excluding carboxylic acids is 1. The highest BCUT2D eigenvalue weighted by Gasteiger charge is 2.21. The minimum Gasteiger partial charge on any atom is -0.454 e. The lowest BCUT2D eigenvalue weighted by Crippen LogP contribution is -2.00. The van der Waals surface area contributed by atoms with E-state index in [0.29, 0.717) is 28.6 Å². The lowest BCUT2D eigenvalue weighted by molar-refractivity contribution is 0.111. The summed E-state index contributed by atoms with van der Waals surface area (Å²) in [6.07, 6.45) is 0.684. The van der Waals surface area contributed by atoms with E-state index in [2.05, 4.69) is 15.3 Å². The molecule has 0 unspecified atom stereocenters. The zero-order valence-electron chi connectivity index (χ0n) is 11.5. The highest BCUT2D eigenvalue weighted by atomic mass is 32.1. The summed E-state index contributed by atoms with van der Waals surface area (Å²) in [6.45, 7) is 2.10. The van der Waals surface area contributed by atoms with Crippen LogP contribution in [0.1, 0.15) is 16.2 Å². The van der Waals surface area contributed by atoms with E-state index in [4.69, 9.17) is 9.47 Å². The van der Waals surface area contributed by atoms with Gasteiger partial charge in [-0.2, -0.15) is 4.68 Å². The summed E-state index contributed by atoms with van der Waals surface area (Å²) in [5.41, 5.74) is 2.50. The Hall–Kier alpha value is -2.74. The van der Waals surface area contributed by atoms with E-state index in [9.17, 15) is 4.79 Å². The van der Waals surface area contributed by atoms with Crippen LogP contribution in [0.25, 0.3) is 16.4 Å². The highest BCUT2D eigenvalue weighted by Crippen LogP contribution is 2.37. The summed E-state index contributed by atoms with van der Waals surface area (Å²) in [7, 11) is 0. The summed E-state index contributed by atoms with van der Waals surface area (Å²) < 4.78 is 12.3. The summed E-state index contributed by atoms with van der Waals surface area (Å²) in [5.74, 6) is 1.32. The Kier molecular flexibility index (Phi) is 2.90. The molecule has 4 rings (SSSR count). The molecule has 0 radical (unpaired) electrons. The fourth-order valence-corrected chi connectivity index (χ4v) is 3.01. The molecule has 7 nitrogen and oxygen atoms in total. The van der Waals surface area contributed by atoms with Gasteiger partial charge in [0, 0.05) is 10.9 Å². The van der Waals surface area contributed by atoms with Gasteiger partial charge in [-0.15, -0.1) is 16.4 Å². The van der Waals surface area contributed by atoms with Crippen molar-refractivity contribution < 1.29 is 14.3 Å². The molecular weight excluding hydrogens is 304 g/mol. The molecule has 0 spiro atoms. The number of hydrogen-bond acceptors (Lipinski definition) is 7. The molecule has 22 heavy (non-hydrogen) atoms. The Morgan fingerprint density at radius 1 is 1.32 bits per heavy atom. The molecule has 110 valence electrons. The standard InChI is InChI=1S/C14H10N4O3S/c1-8-6-22-14(15-8)18-13(10(5-19)16-17-18)9-2-3-11-12(4-9)21-7-20-11/h2-6H,7H2,1H3. The van der Waals surface area contributed by atoms with Crippen molar-refractivity contribution in [3.8, 4) is 27.9 Å². The van der Waals surface area contributed by atoms with Gasteiger partial charge in [0.25, 0.3) is 0 Å². The Morgan fingerprint density at radius 3 is 2.95 bits per heavy atom. The summed E-state index contributed by atoms with van der Waals surface area (Å²) >= 11 is 1.44. The van der Waals surface area contributed by atoms with Gasteiger partial charge in [-0.3, -0.25) is 4.79 Å². The molecule has 8 heteroatoms. The van der Waals surface area contributed by atoms with E-state index < -0.39 is 0 Å². The number of aromatic nitrogens is 4.